The fourth-order valence-electron chi connectivity index (χ4n) is 3.70. The number of amides is 2. The van der Waals surface area contributed by atoms with Gasteiger partial charge in [-0.25, -0.2) is 0 Å². The van der Waals surface area contributed by atoms with Gasteiger partial charge in [-0.1, -0.05) is 83.9 Å². The second-order valence-electron chi connectivity index (χ2n) is 9.36. The summed E-state index contributed by atoms with van der Waals surface area (Å²) < 4.78 is 0. The summed E-state index contributed by atoms with van der Waals surface area (Å²) in [5, 5.41) is 4.21. The molecular weight excluding hydrogens is 467 g/mol. The fraction of sp³-hybridized carbons (Fsp3) is 0.286. The maximum atomic E-state index is 13.7. The van der Waals surface area contributed by atoms with E-state index in [-0.39, 0.29) is 24.8 Å². The molecule has 2 amide bonds. The average molecular weight is 497 g/mol. The second-order valence-corrected chi connectivity index (χ2v) is 10.2. The Balaban J connectivity index is 1.99. The first-order valence-corrected chi connectivity index (χ1v) is 12.0. The number of hydrogen-bond acceptors (Lipinski definition) is 2. The Labute approximate surface area is 211 Å². The van der Waals surface area contributed by atoms with Crippen LogP contribution in [0.2, 0.25) is 10.0 Å². The third-order valence-electron chi connectivity index (χ3n) is 5.33. The number of carbonyl (C=O) groups excluding carboxylic acids is 2. The number of hydrogen-bond donors (Lipinski definition) is 1. The van der Waals surface area contributed by atoms with E-state index in [9.17, 15) is 9.59 Å². The number of rotatable bonds is 8. The summed E-state index contributed by atoms with van der Waals surface area (Å²) in [7, 11) is 0. The summed E-state index contributed by atoms with van der Waals surface area (Å²) >= 11 is 12.4. The molecule has 0 aliphatic heterocycles. The number of benzene rings is 3. The molecule has 0 bridgehead atoms. The first-order chi connectivity index (χ1) is 16.1. The highest BCUT2D eigenvalue weighted by Gasteiger charge is 2.32. The molecular formula is C28H30Cl2N2O2. The zero-order chi connectivity index (χ0) is 24.7. The first-order valence-electron chi connectivity index (χ1n) is 11.3. The molecule has 0 spiro atoms. The van der Waals surface area contributed by atoms with E-state index < -0.39 is 11.6 Å². The number of nitrogens with one attached hydrogen (secondary N) is 1. The summed E-state index contributed by atoms with van der Waals surface area (Å²) in [6.07, 6.45) is 0.492. The van der Waals surface area contributed by atoms with Gasteiger partial charge in [0, 0.05) is 28.5 Å². The van der Waals surface area contributed by atoms with Crippen LogP contribution in [0.4, 0.5) is 0 Å². The van der Waals surface area contributed by atoms with Gasteiger partial charge in [-0.15, -0.1) is 0 Å². The number of nitrogens with zero attached hydrogens (tertiary/aromatic N) is 1. The first kappa shape index (κ1) is 25.8. The molecule has 0 heterocycles. The van der Waals surface area contributed by atoms with Crippen LogP contribution < -0.4 is 5.32 Å². The molecule has 3 aromatic carbocycles. The third kappa shape index (κ3) is 7.61. The summed E-state index contributed by atoms with van der Waals surface area (Å²) in [5.41, 5.74) is 2.15. The van der Waals surface area contributed by atoms with Crippen LogP contribution in [-0.2, 0) is 29.0 Å². The number of carbonyl (C=O) groups is 2. The van der Waals surface area contributed by atoms with E-state index in [2.05, 4.69) is 5.32 Å². The predicted molar refractivity (Wildman–Crippen MR) is 139 cm³/mol. The standard InChI is InChI=1S/C28H30Cl2N2O2/c1-28(2,3)31-27(34)25(17-20-9-5-4-6-10-20)32(19-21-13-15-23(29)16-14-21)26(33)18-22-11-7-8-12-24(22)30/h4-16,25H,17-19H2,1-3H3,(H,31,34). The largest absolute Gasteiger partial charge is 0.350 e. The van der Waals surface area contributed by atoms with E-state index in [4.69, 9.17) is 23.2 Å². The van der Waals surface area contributed by atoms with Crippen molar-refractivity contribution in [3.63, 3.8) is 0 Å². The molecule has 0 radical (unpaired) electrons. The smallest absolute Gasteiger partial charge is 0.243 e. The van der Waals surface area contributed by atoms with Crippen LogP contribution in [0.3, 0.4) is 0 Å². The van der Waals surface area contributed by atoms with Crippen molar-refractivity contribution in [3.8, 4) is 0 Å². The minimum absolute atomic E-state index is 0.0986. The van der Waals surface area contributed by atoms with Crippen molar-refractivity contribution >= 4 is 35.0 Å². The molecule has 3 aromatic rings. The van der Waals surface area contributed by atoms with Crippen molar-refractivity contribution in [2.75, 3.05) is 0 Å². The highest BCUT2D eigenvalue weighted by atomic mass is 35.5. The predicted octanol–water partition coefficient (Wildman–Crippen LogP) is 6.09. The highest BCUT2D eigenvalue weighted by Crippen LogP contribution is 2.21. The molecule has 4 nitrogen and oxygen atoms in total. The minimum Gasteiger partial charge on any atom is -0.350 e. The van der Waals surface area contributed by atoms with E-state index in [0.29, 0.717) is 16.5 Å². The van der Waals surface area contributed by atoms with E-state index in [1.807, 2.05) is 81.4 Å². The van der Waals surface area contributed by atoms with Crippen molar-refractivity contribution in [2.45, 2.75) is 51.7 Å². The molecule has 34 heavy (non-hydrogen) atoms. The Kier molecular flexibility index (Phi) is 8.76. The van der Waals surface area contributed by atoms with Gasteiger partial charge in [-0.2, -0.15) is 0 Å². The molecule has 6 heteroatoms. The lowest BCUT2D eigenvalue weighted by Crippen LogP contribution is -2.54. The summed E-state index contributed by atoms with van der Waals surface area (Å²) in [6, 6.07) is 23.6. The van der Waals surface area contributed by atoms with Crippen molar-refractivity contribution in [2.24, 2.45) is 0 Å². The lowest BCUT2D eigenvalue weighted by molar-refractivity contribution is -0.141. The molecule has 1 atom stereocenters. The van der Waals surface area contributed by atoms with Crippen LogP contribution in [0.5, 0.6) is 0 Å². The van der Waals surface area contributed by atoms with E-state index >= 15 is 0 Å². The van der Waals surface area contributed by atoms with E-state index in [1.54, 1.807) is 23.1 Å². The SMILES string of the molecule is CC(C)(C)NC(=O)C(Cc1ccccc1)N(Cc1ccc(Cl)cc1)C(=O)Cc1ccccc1Cl. The summed E-state index contributed by atoms with van der Waals surface area (Å²) in [6.45, 7) is 6.06. The van der Waals surface area contributed by atoms with Crippen LogP contribution in [0.25, 0.3) is 0 Å². The average Bonchev–Trinajstić information content (AvgIpc) is 2.78. The van der Waals surface area contributed by atoms with E-state index in [1.165, 1.54) is 0 Å². The lowest BCUT2D eigenvalue weighted by atomic mass is 10.00. The molecule has 0 aromatic heterocycles. The molecule has 0 saturated heterocycles. The van der Waals surface area contributed by atoms with Crippen LogP contribution in [-0.4, -0.2) is 28.3 Å². The third-order valence-corrected chi connectivity index (χ3v) is 5.96. The topological polar surface area (TPSA) is 49.4 Å². The van der Waals surface area contributed by atoms with Crippen LogP contribution in [0.15, 0.2) is 78.9 Å². The summed E-state index contributed by atoms with van der Waals surface area (Å²) in [4.78, 5) is 28.9. The summed E-state index contributed by atoms with van der Waals surface area (Å²) in [5.74, 6) is -0.370. The Morgan fingerprint density at radius 1 is 0.853 bits per heavy atom. The Morgan fingerprint density at radius 2 is 1.47 bits per heavy atom. The van der Waals surface area contributed by atoms with Gasteiger partial charge in [0.15, 0.2) is 0 Å². The van der Waals surface area contributed by atoms with Crippen molar-refractivity contribution in [1.29, 1.82) is 0 Å². The second kappa shape index (κ2) is 11.5. The Hall–Kier alpha value is -2.82. The van der Waals surface area contributed by atoms with Gasteiger partial charge in [0.2, 0.25) is 11.8 Å². The number of halogens is 2. The zero-order valence-electron chi connectivity index (χ0n) is 19.7. The van der Waals surface area contributed by atoms with Crippen molar-refractivity contribution < 1.29 is 9.59 Å². The molecule has 0 aliphatic carbocycles. The minimum atomic E-state index is -0.702. The van der Waals surface area contributed by atoms with Gasteiger partial charge in [0.05, 0.1) is 6.42 Å². The van der Waals surface area contributed by atoms with Crippen LogP contribution in [0.1, 0.15) is 37.5 Å². The van der Waals surface area contributed by atoms with Gasteiger partial charge in [-0.05, 0) is 55.7 Å². The highest BCUT2D eigenvalue weighted by molar-refractivity contribution is 6.31. The molecule has 1 unspecified atom stereocenters. The normalized spacial score (nSPS) is 12.1. The van der Waals surface area contributed by atoms with Gasteiger partial charge in [0.25, 0.3) is 0 Å². The Morgan fingerprint density at radius 3 is 2.09 bits per heavy atom. The van der Waals surface area contributed by atoms with Crippen LogP contribution >= 0.6 is 23.2 Å². The van der Waals surface area contributed by atoms with Crippen molar-refractivity contribution in [3.05, 3.63) is 106 Å². The molecule has 178 valence electrons. The molecule has 3 rings (SSSR count). The maximum Gasteiger partial charge on any atom is 0.243 e. The molecule has 0 aliphatic rings. The quantitative estimate of drug-likeness (QED) is 0.410. The van der Waals surface area contributed by atoms with Crippen LogP contribution in [0, 0.1) is 0 Å². The molecule has 1 N–H and O–H groups in total. The maximum absolute atomic E-state index is 13.7. The van der Waals surface area contributed by atoms with Gasteiger partial charge in [0.1, 0.15) is 6.04 Å². The van der Waals surface area contributed by atoms with Gasteiger partial charge < -0.3 is 10.2 Å². The van der Waals surface area contributed by atoms with Crippen molar-refractivity contribution in [1.82, 2.24) is 10.2 Å². The zero-order valence-corrected chi connectivity index (χ0v) is 21.2. The van der Waals surface area contributed by atoms with E-state index in [0.717, 1.165) is 16.7 Å². The van der Waals surface area contributed by atoms with Gasteiger partial charge >= 0.3 is 0 Å². The monoisotopic (exact) mass is 496 g/mol. The fourth-order valence-corrected chi connectivity index (χ4v) is 4.03. The lowest BCUT2D eigenvalue weighted by Gasteiger charge is -2.34. The molecule has 0 saturated carbocycles. The Bertz CT molecular complexity index is 1110. The van der Waals surface area contributed by atoms with Gasteiger partial charge in [-0.3, -0.25) is 9.59 Å². The molecule has 0 fully saturated rings.